The molecular weight excluding hydrogens is 286 g/mol. The van der Waals surface area contributed by atoms with E-state index in [1.807, 2.05) is 0 Å². The van der Waals surface area contributed by atoms with E-state index in [9.17, 15) is 0 Å². The number of hydrogen-bond donors (Lipinski definition) is 1. The third-order valence-electron chi connectivity index (χ3n) is 2.99. The van der Waals surface area contributed by atoms with Crippen molar-refractivity contribution in [2.24, 2.45) is 0 Å². The quantitative estimate of drug-likeness (QED) is 0.782. The van der Waals surface area contributed by atoms with Crippen LogP contribution in [0.25, 0.3) is 10.6 Å². The van der Waals surface area contributed by atoms with Gasteiger partial charge >= 0.3 is 0 Å². The smallest absolute Gasteiger partial charge is 0.183 e. The van der Waals surface area contributed by atoms with Crippen LogP contribution in [-0.4, -0.2) is 16.5 Å². The Morgan fingerprint density at radius 1 is 1.25 bits per heavy atom. The van der Waals surface area contributed by atoms with Gasteiger partial charge < -0.3 is 5.32 Å². The predicted octanol–water partition coefficient (Wildman–Crippen LogP) is 5.08. The van der Waals surface area contributed by atoms with E-state index in [0.717, 1.165) is 28.1 Å². The molecule has 0 bridgehead atoms. The van der Waals surface area contributed by atoms with Gasteiger partial charge in [-0.15, -0.1) is 22.7 Å². The molecule has 2 rings (SSSR count). The van der Waals surface area contributed by atoms with Crippen molar-refractivity contribution in [3.8, 4) is 10.6 Å². The molecular formula is C15H23N3S2. The van der Waals surface area contributed by atoms with Gasteiger partial charge in [-0.05, 0) is 13.3 Å². The largest absolute Gasteiger partial charge is 0.362 e. The third-order valence-corrected chi connectivity index (χ3v) is 4.78. The number of aromatic nitrogens is 2. The van der Waals surface area contributed by atoms with E-state index in [2.05, 4.69) is 45.3 Å². The number of nitrogens with one attached hydrogen (secondary N) is 1. The van der Waals surface area contributed by atoms with Crippen LogP contribution in [0.5, 0.6) is 0 Å². The first-order valence-electron chi connectivity index (χ1n) is 7.09. The minimum atomic E-state index is 0.0551. The van der Waals surface area contributed by atoms with Gasteiger partial charge in [-0.1, -0.05) is 34.1 Å². The fraction of sp³-hybridized carbons (Fsp3) is 0.600. The lowest BCUT2D eigenvalue weighted by atomic mass is 9.91. The molecule has 20 heavy (non-hydrogen) atoms. The van der Waals surface area contributed by atoms with Crippen molar-refractivity contribution >= 4 is 27.8 Å². The molecule has 2 aromatic heterocycles. The molecule has 0 aliphatic heterocycles. The molecule has 0 aliphatic carbocycles. The highest BCUT2D eigenvalue weighted by Gasteiger charge is 2.24. The SMILES string of the molecule is CCCCNc1nc(-c2sc(C)nc2C(C)(C)C)cs1. The Morgan fingerprint density at radius 2 is 2.00 bits per heavy atom. The van der Waals surface area contributed by atoms with Gasteiger partial charge in [0.25, 0.3) is 0 Å². The van der Waals surface area contributed by atoms with E-state index in [1.165, 1.54) is 17.7 Å². The van der Waals surface area contributed by atoms with Crippen LogP contribution in [0.2, 0.25) is 0 Å². The monoisotopic (exact) mass is 309 g/mol. The second kappa shape index (κ2) is 6.22. The number of anilines is 1. The first-order chi connectivity index (χ1) is 9.41. The van der Waals surface area contributed by atoms with E-state index >= 15 is 0 Å². The molecule has 2 heterocycles. The summed E-state index contributed by atoms with van der Waals surface area (Å²) in [5, 5.41) is 7.65. The van der Waals surface area contributed by atoms with Gasteiger partial charge in [0.2, 0.25) is 0 Å². The third kappa shape index (κ3) is 3.58. The maximum atomic E-state index is 4.72. The molecule has 0 atom stereocenters. The van der Waals surface area contributed by atoms with Crippen molar-refractivity contribution in [1.29, 1.82) is 0 Å². The van der Waals surface area contributed by atoms with E-state index in [0.29, 0.717) is 0 Å². The van der Waals surface area contributed by atoms with Crippen molar-refractivity contribution < 1.29 is 0 Å². The molecule has 1 N–H and O–H groups in total. The molecule has 5 heteroatoms. The summed E-state index contributed by atoms with van der Waals surface area (Å²) in [6.45, 7) is 11.9. The van der Waals surface area contributed by atoms with E-state index in [-0.39, 0.29) is 5.41 Å². The summed E-state index contributed by atoms with van der Waals surface area (Å²) < 4.78 is 0. The molecule has 0 saturated heterocycles. The van der Waals surface area contributed by atoms with E-state index in [1.54, 1.807) is 22.7 Å². The summed E-state index contributed by atoms with van der Waals surface area (Å²) >= 11 is 3.42. The molecule has 2 aromatic rings. The van der Waals surface area contributed by atoms with E-state index in [4.69, 9.17) is 9.97 Å². The predicted molar refractivity (Wildman–Crippen MR) is 90.1 cm³/mol. The second-order valence-corrected chi connectivity index (χ2v) is 8.04. The number of hydrogen-bond acceptors (Lipinski definition) is 5. The summed E-state index contributed by atoms with van der Waals surface area (Å²) in [6.07, 6.45) is 2.38. The Bertz CT molecular complexity index is 564. The van der Waals surface area contributed by atoms with Gasteiger partial charge in [0, 0.05) is 17.3 Å². The first-order valence-corrected chi connectivity index (χ1v) is 8.79. The Morgan fingerprint density at radius 3 is 2.65 bits per heavy atom. The number of aryl methyl sites for hydroxylation is 1. The maximum Gasteiger partial charge on any atom is 0.183 e. The summed E-state index contributed by atoms with van der Waals surface area (Å²) in [5.74, 6) is 0. The van der Waals surface area contributed by atoms with Gasteiger partial charge in [0.1, 0.15) is 0 Å². The number of nitrogens with zero attached hydrogens (tertiary/aromatic N) is 2. The van der Waals surface area contributed by atoms with Crippen LogP contribution < -0.4 is 5.32 Å². The maximum absolute atomic E-state index is 4.72. The molecule has 0 aliphatic rings. The fourth-order valence-corrected chi connectivity index (χ4v) is 3.84. The minimum absolute atomic E-state index is 0.0551. The van der Waals surface area contributed by atoms with Gasteiger partial charge in [-0.2, -0.15) is 0 Å². The summed E-state index contributed by atoms with van der Waals surface area (Å²) in [7, 11) is 0. The average Bonchev–Trinajstić information content (AvgIpc) is 2.95. The molecule has 0 fully saturated rings. The molecule has 110 valence electrons. The van der Waals surface area contributed by atoms with E-state index < -0.39 is 0 Å². The topological polar surface area (TPSA) is 37.8 Å². The average molecular weight is 310 g/mol. The lowest BCUT2D eigenvalue weighted by Crippen LogP contribution is -2.13. The van der Waals surface area contributed by atoms with Crippen LogP contribution in [-0.2, 0) is 5.41 Å². The number of unbranched alkanes of at least 4 members (excludes halogenated alkanes) is 1. The number of thiazole rings is 2. The molecule has 0 spiro atoms. The fourth-order valence-electron chi connectivity index (χ4n) is 1.94. The zero-order valence-corrected chi connectivity index (χ0v) is 14.5. The van der Waals surface area contributed by atoms with Gasteiger partial charge in [-0.25, -0.2) is 9.97 Å². The Kier molecular flexibility index (Phi) is 4.81. The zero-order chi connectivity index (χ0) is 14.8. The van der Waals surface area contributed by atoms with Crippen LogP contribution >= 0.6 is 22.7 Å². The first kappa shape index (κ1) is 15.4. The molecule has 0 radical (unpaired) electrons. The molecule has 0 aromatic carbocycles. The van der Waals surface area contributed by atoms with Crippen molar-refractivity contribution in [2.75, 3.05) is 11.9 Å². The Balaban J connectivity index is 2.24. The van der Waals surface area contributed by atoms with Crippen molar-refractivity contribution in [3.05, 3.63) is 16.1 Å². The Hall–Kier alpha value is -0.940. The molecule has 0 amide bonds. The molecule has 0 unspecified atom stereocenters. The van der Waals surface area contributed by atoms with Crippen LogP contribution in [0.3, 0.4) is 0 Å². The van der Waals surface area contributed by atoms with Crippen LogP contribution in [0, 0.1) is 6.92 Å². The van der Waals surface area contributed by atoms with Crippen LogP contribution in [0.4, 0.5) is 5.13 Å². The van der Waals surface area contributed by atoms with Crippen LogP contribution in [0.15, 0.2) is 5.38 Å². The molecule has 3 nitrogen and oxygen atoms in total. The van der Waals surface area contributed by atoms with Crippen LogP contribution in [0.1, 0.15) is 51.2 Å². The Labute approximate surface area is 129 Å². The second-order valence-electron chi connectivity index (χ2n) is 5.98. The lowest BCUT2D eigenvalue weighted by molar-refractivity contribution is 0.573. The van der Waals surface area contributed by atoms with Gasteiger partial charge in [0.05, 0.1) is 21.3 Å². The van der Waals surface area contributed by atoms with Crippen molar-refractivity contribution in [1.82, 2.24) is 9.97 Å². The highest BCUT2D eigenvalue weighted by molar-refractivity contribution is 7.16. The highest BCUT2D eigenvalue weighted by Crippen LogP contribution is 2.38. The normalized spacial score (nSPS) is 11.8. The van der Waals surface area contributed by atoms with Crippen molar-refractivity contribution in [3.63, 3.8) is 0 Å². The highest BCUT2D eigenvalue weighted by atomic mass is 32.1. The summed E-state index contributed by atoms with van der Waals surface area (Å²) in [5.41, 5.74) is 2.27. The van der Waals surface area contributed by atoms with Crippen molar-refractivity contribution in [2.45, 2.75) is 52.9 Å². The number of rotatable bonds is 5. The lowest BCUT2D eigenvalue weighted by Gasteiger charge is -2.16. The van der Waals surface area contributed by atoms with Gasteiger partial charge in [-0.3, -0.25) is 0 Å². The summed E-state index contributed by atoms with van der Waals surface area (Å²) in [6, 6.07) is 0. The zero-order valence-electron chi connectivity index (χ0n) is 12.9. The summed E-state index contributed by atoms with van der Waals surface area (Å²) in [4.78, 5) is 10.6. The standard InChI is InChI=1S/C15H23N3S2/c1-6-7-8-16-14-18-11(9-19-14)12-13(15(3,4)5)17-10(2)20-12/h9H,6-8H2,1-5H3,(H,16,18). The minimum Gasteiger partial charge on any atom is -0.362 e. The molecule has 0 saturated carbocycles. The van der Waals surface area contributed by atoms with Gasteiger partial charge in [0.15, 0.2) is 5.13 Å².